The van der Waals surface area contributed by atoms with E-state index in [0.29, 0.717) is 5.41 Å². The van der Waals surface area contributed by atoms with E-state index in [1.807, 2.05) is 4.90 Å². The summed E-state index contributed by atoms with van der Waals surface area (Å²) in [5, 5.41) is 0. The van der Waals surface area contributed by atoms with Crippen LogP contribution in [0.2, 0.25) is 0 Å². The molecule has 3 nitrogen and oxygen atoms in total. The molecule has 2 aliphatic rings. The van der Waals surface area contributed by atoms with Gasteiger partial charge < -0.3 is 10.6 Å². The first-order valence-electron chi connectivity index (χ1n) is 5.17. The molecule has 0 unspecified atom stereocenters. The Morgan fingerprint density at radius 2 is 1.85 bits per heavy atom. The Labute approximate surface area is 79.3 Å². The minimum atomic E-state index is -0.326. The van der Waals surface area contributed by atoms with Crippen LogP contribution >= 0.6 is 0 Å². The average molecular weight is 182 g/mol. The van der Waals surface area contributed by atoms with E-state index >= 15 is 0 Å². The fourth-order valence-corrected chi connectivity index (χ4v) is 2.17. The van der Waals surface area contributed by atoms with Crippen LogP contribution in [0.15, 0.2) is 0 Å². The maximum atomic E-state index is 11.5. The molecule has 0 bridgehead atoms. The monoisotopic (exact) mass is 182 g/mol. The van der Waals surface area contributed by atoms with Crippen molar-refractivity contribution in [3.8, 4) is 0 Å². The smallest absolute Gasteiger partial charge is 0.239 e. The van der Waals surface area contributed by atoms with E-state index in [1.54, 1.807) is 6.92 Å². The van der Waals surface area contributed by atoms with Gasteiger partial charge in [0.1, 0.15) is 0 Å². The highest BCUT2D eigenvalue weighted by atomic mass is 16.2. The highest BCUT2D eigenvalue weighted by Gasteiger charge is 2.45. The zero-order valence-corrected chi connectivity index (χ0v) is 8.25. The van der Waals surface area contributed by atoms with Gasteiger partial charge >= 0.3 is 0 Å². The van der Waals surface area contributed by atoms with Gasteiger partial charge in [0.25, 0.3) is 0 Å². The van der Waals surface area contributed by atoms with E-state index in [1.165, 1.54) is 25.7 Å². The van der Waals surface area contributed by atoms with Gasteiger partial charge in [-0.2, -0.15) is 0 Å². The number of hydrogen-bond acceptors (Lipinski definition) is 2. The van der Waals surface area contributed by atoms with Crippen LogP contribution in [0.3, 0.4) is 0 Å². The summed E-state index contributed by atoms with van der Waals surface area (Å²) in [5.41, 5.74) is 6.21. The van der Waals surface area contributed by atoms with E-state index < -0.39 is 0 Å². The second kappa shape index (κ2) is 2.98. The summed E-state index contributed by atoms with van der Waals surface area (Å²) < 4.78 is 0. The molecule has 2 rings (SSSR count). The van der Waals surface area contributed by atoms with Gasteiger partial charge in [0.15, 0.2) is 0 Å². The Morgan fingerprint density at radius 1 is 1.31 bits per heavy atom. The van der Waals surface area contributed by atoms with Gasteiger partial charge in [-0.25, -0.2) is 0 Å². The molecule has 3 heteroatoms. The van der Waals surface area contributed by atoms with E-state index in [-0.39, 0.29) is 11.9 Å². The standard InChI is InChI=1S/C10H18N2O/c1-8(11)9(13)12-6-4-10(2-3-10)5-7-12/h8H,2-7,11H2,1H3/t8-/m1/s1. The minimum absolute atomic E-state index is 0.121. The van der Waals surface area contributed by atoms with Gasteiger partial charge in [-0.15, -0.1) is 0 Å². The normalized spacial score (nSPS) is 27.4. The predicted molar refractivity (Wildman–Crippen MR) is 51.1 cm³/mol. The second-order valence-corrected chi connectivity index (χ2v) is 4.61. The van der Waals surface area contributed by atoms with E-state index in [9.17, 15) is 4.79 Å². The van der Waals surface area contributed by atoms with E-state index in [4.69, 9.17) is 5.73 Å². The molecule has 1 saturated heterocycles. The molecule has 1 heterocycles. The molecule has 1 aliphatic heterocycles. The Morgan fingerprint density at radius 3 is 2.23 bits per heavy atom. The van der Waals surface area contributed by atoms with Crippen molar-refractivity contribution in [1.29, 1.82) is 0 Å². The molecular formula is C10H18N2O. The molecule has 1 atom stereocenters. The van der Waals surface area contributed by atoms with Crippen LogP contribution in [0.25, 0.3) is 0 Å². The van der Waals surface area contributed by atoms with Crippen molar-refractivity contribution in [3.05, 3.63) is 0 Å². The lowest BCUT2D eigenvalue weighted by Gasteiger charge is -2.33. The molecule has 1 aliphatic carbocycles. The summed E-state index contributed by atoms with van der Waals surface area (Å²) in [6.45, 7) is 3.63. The van der Waals surface area contributed by atoms with Gasteiger partial charge in [-0.05, 0) is 38.0 Å². The van der Waals surface area contributed by atoms with Crippen LogP contribution < -0.4 is 5.73 Å². The topological polar surface area (TPSA) is 46.3 Å². The summed E-state index contributed by atoms with van der Waals surface area (Å²) in [5.74, 6) is 0.121. The molecule has 0 aromatic heterocycles. The highest BCUT2D eigenvalue weighted by molar-refractivity contribution is 5.81. The Hall–Kier alpha value is -0.570. The molecule has 13 heavy (non-hydrogen) atoms. The molecule has 0 aromatic carbocycles. The maximum Gasteiger partial charge on any atom is 0.239 e. The van der Waals surface area contributed by atoms with Crippen LogP contribution in [0.5, 0.6) is 0 Å². The minimum Gasteiger partial charge on any atom is -0.341 e. The first-order valence-corrected chi connectivity index (χ1v) is 5.17. The predicted octanol–water partition coefficient (Wildman–Crippen LogP) is 0.736. The Balaban J connectivity index is 1.87. The van der Waals surface area contributed by atoms with Crippen molar-refractivity contribution in [1.82, 2.24) is 4.90 Å². The molecule has 2 N–H and O–H groups in total. The van der Waals surface area contributed by atoms with Crippen molar-refractivity contribution in [2.24, 2.45) is 11.1 Å². The van der Waals surface area contributed by atoms with Crippen LogP contribution in [0.4, 0.5) is 0 Å². The van der Waals surface area contributed by atoms with E-state index in [0.717, 1.165) is 13.1 Å². The summed E-state index contributed by atoms with van der Waals surface area (Å²) in [4.78, 5) is 13.5. The third-order valence-corrected chi connectivity index (χ3v) is 3.48. The molecule has 1 saturated carbocycles. The van der Waals surface area contributed by atoms with Crippen molar-refractivity contribution in [2.75, 3.05) is 13.1 Å². The first kappa shape index (κ1) is 9.00. The number of piperidine rings is 1. The lowest BCUT2D eigenvalue weighted by Crippen LogP contribution is -2.46. The fourth-order valence-electron chi connectivity index (χ4n) is 2.17. The average Bonchev–Trinajstić information content (AvgIpc) is 2.85. The number of rotatable bonds is 1. The van der Waals surface area contributed by atoms with Gasteiger partial charge in [-0.3, -0.25) is 4.79 Å². The van der Waals surface area contributed by atoms with Crippen LogP contribution in [0, 0.1) is 5.41 Å². The third-order valence-electron chi connectivity index (χ3n) is 3.48. The number of nitrogens with two attached hydrogens (primary N) is 1. The molecule has 1 spiro atoms. The number of amides is 1. The Kier molecular flexibility index (Phi) is 2.06. The molecule has 2 fully saturated rings. The maximum absolute atomic E-state index is 11.5. The quantitative estimate of drug-likeness (QED) is 0.650. The van der Waals surface area contributed by atoms with Crippen molar-refractivity contribution < 1.29 is 4.79 Å². The first-order chi connectivity index (χ1) is 6.13. The second-order valence-electron chi connectivity index (χ2n) is 4.61. The van der Waals surface area contributed by atoms with Gasteiger partial charge in [0.05, 0.1) is 6.04 Å². The number of likely N-dealkylation sites (tertiary alicyclic amines) is 1. The third kappa shape index (κ3) is 1.70. The Bertz CT molecular complexity index is 211. The SMILES string of the molecule is C[C@@H](N)C(=O)N1CCC2(CC1)CC2. The zero-order valence-electron chi connectivity index (χ0n) is 8.25. The summed E-state index contributed by atoms with van der Waals surface area (Å²) in [6.07, 6.45) is 5.16. The van der Waals surface area contributed by atoms with Crippen molar-refractivity contribution >= 4 is 5.91 Å². The van der Waals surface area contributed by atoms with Crippen LogP contribution in [0.1, 0.15) is 32.6 Å². The molecule has 0 aromatic rings. The number of carbonyl (C=O) groups excluding carboxylic acids is 1. The van der Waals surface area contributed by atoms with Crippen molar-refractivity contribution in [3.63, 3.8) is 0 Å². The van der Waals surface area contributed by atoms with Crippen molar-refractivity contribution in [2.45, 2.75) is 38.6 Å². The van der Waals surface area contributed by atoms with Gasteiger partial charge in [-0.1, -0.05) is 0 Å². The number of hydrogen-bond donors (Lipinski definition) is 1. The lowest BCUT2D eigenvalue weighted by molar-refractivity contribution is -0.133. The largest absolute Gasteiger partial charge is 0.341 e. The van der Waals surface area contributed by atoms with Crippen LogP contribution in [-0.2, 0) is 4.79 Å². The fraction of sp³-hybridized carbons (Fsp3) is 0.900. The lowest BCUT2D eigenvalue weighted by atomic mass is 9.93. The number of nitrogens with zero attached hydrogens (tertiary/aromatic N) is 1. The van der Waals surface area contributed by atoms with E-state index in [2.05, 4.69) is 0 Å². The van der Waals surface area contributed by atoms with Crippen LogP contribution in [-0.4, -0.2) is 29.9 Å². The summed E-state index contributed by atoms with van der Waals surface area (Å²) in [6, 6.07) is -0.326. The summed E-state index contributed by atoms with van der Waals surface area (Å²) in [7, 11) is 0. The molecule has 74 valence electrons. The zero-order chi connectivity index (χ0) is 9.47. The van der Waals surface area contributed by atoms with Gasteiger partial charge in [0.2, 0.25) is 5.91 Å². The number of carbonyl (C=O) groups is 1. The van der Waals surface area contributed by atoms with Gasteiger partial charge in [0, 0.05) is 13.1 Å². The molecule has 0 radical (unpaired) electrons. The highest BCUT2D eigenvalue weighted by Crippen LogP contribution is 2.53. The molecular weight excluding hydrogens is 164 g/mol. The molecule has 1 amide bonds. The summed E-state index contributed by atoms with van der Waals surface area (Å²) >= 11 is 0.